The largest absolute Gasteiger partial charge is 0.459 e. The summed E-state index contributed by atoms with van der Waals surface area (Å²) in [5.41, 5.74) is 10.4. The second-order valence-electron chi connectivity index (χ2n) is 5.37. The van der Waals surface area contributed by atoms with Gasteiger partial charge in [-0.05, 0) is 29.2 Å². The van der Waals surface area contributed by atoms with Crippen LogP contribution in [0.4, 0.5) is 0 Å². The molecule has 0 saturated carbocycles. The van der Waals surface area contributed by atoms with Crippen molar-refractivity contribution in [3.63, 3.8) is 0 Å². The van der Waals surface area contributed by atoms with E-state index in [0.717, 1.165) is 11.3 Å². The number of furan rings is 1. The lowest BCUT2D eigenvalue weighted by Gasteiger charge is -2.06. The van der Waals surface area contributed by atoms with Crippen molar-refractivity contribution < 1.29 is 4.42 Å². The van der Waals surface area contributed by atoms with E-state index in [1.165, 1.54) is 22.1 Å². The number of rotatable bonds is 3. The molecule has 0 unspecified atom stereocenters. The van der Waals surface area contributed by atoms with Gasteiger partial charge in [0.15, 0.2) is 0 Å². The molecule has 0 aliphatic carbocycles. The zero-order valence-corrected chi connectivity index (χ0v) is 11.9. The van der Waals surface area contributed by atoms with Crippen LogP contribution in [0.15, 0.2) is 52.9 Å². The molecule has 0 fully saturated rings. The molecule has 0 bridgehead atoms. The van der Waals surface area contributed by atoms with Crippen LogP contribution in [-0.4, -0.2) is 0 Å². The Morgan fingerprint density at radius 3 is 2.40 bits per heavy atom. The minimum absolute atomic E-state index is 0.404. The number of nitrogens with two attached hydrogens (primary N) is 1. The summed E-state index contributed by atoms with van der Waals surface area (Å²) >= 11 is 0. The van der Waals surface area contributed by atoms with Crippen LogP contribution in [-0.2, 0) is 6.54 Å². The van der Waals surface area contributed by atoms with Gasteiger partial charge in [0.05, 0.1) is 6.54 Å². The molecule has 2 N–H and O–H groups in total. The van der Waals surface area contributed by atoms with Crippen molar-refractivity contribution in [2.75, 3.05) is 0 Å². The second kappa shape index (κ2) is 5.14. The molecule has 102 valence electrons. The van der Waals surface area contributed by atoms with Gasteiger partial charge in [0, 0.05) is 10.9 Å². The van der Waals surface area contributed by atoms with E-state index in [1.54, 1.807) is 0 Å². The Labute approximate surface area is 119 Å². The molecule has 20 heavy (non-hydrogen) atoms. The minimum atomic E-state index is 0.404. The normalized spacial score (nSPS) is 11.4. The third-order valence-corrected chi connectivity index (χ3v) is 3.67. The molecule has 0 aliphatic rings. The Hall–Kier alpha value is -2.06. The molecule has 3 aromatic rings. The molecule has 2 nitrogen and oxygen atoms in total. The van der Waals surface area contributed by atoms with Crippen molar-refractivity contribution >= 4 is 11.0 Å². The van der Waals surface area contributed by atoms with Crippen molar-refractivity contribution in [1.82, 2.24) is 0 Å². The number of hydrogen-bond donors (Lipinski definition) is 1. The van der Waals surface area contributed by atoms with Gasteiger partial charge in [-0.25, -0.2) is 0 Å². The Kier molecular flexibility index (Phi) is 3.33. The highest BCUT2D eigenvalue weighted by atomic mass is 16.3. The molecule has 3 rings (SSSR count). The van der Waals surface area contributed by atoms with Gasteiger partial charge in [-0.2, -0.15) is 0 Å². The van der Waals surface area contributed by atoms with Crippen molar-refractivity contribution in [3.05, 3.63) is 59.9 Å². The third kappa shape index (κ3) is 2.12. The van der Waals surface area contributed by atoms with Crippen molar-refractivity contribution in [1.29, 1.82) is 0 Å². The summed E-state index contributed by atoms with van der Waals surface area (Å²) in [7, 11) is 0. The highest BCUT2D eigenvalue weighted by Crippen LogP contribution is 2.34. The Morgan fingerprint density at radius 1 is 1.00 bits per heavy atom. The zero-order valence-electron chi connectivity index (χ0n) is 11.9. The third-order valence-electron chi connectivity index (χ3n) is 3.67. The van der Waals surface area contributed by atoms with Gasteiger partial charge in [-0.3, -0.25) is 0 Å². The van der Waals surface area contributed by atoms with Crippen LogP contribution < -0.4 is 5.73 Å². The summed E-state index contributed by atoms with van der Waals surface area (Å²) < 4.78 is 5.88. The summed E-state index contributed by atoms with van der Waals surface area (Å²) in [6.07, 6.45) is 0. The summed E-state index contributed by atoms with van der Waals surface area (Å²) in [6, 6.07) is 16.8. The number of fused-ring (bicyclic) bond motifs is 1. The fraction of sp³-hybridized carbons (Fsp3) is 0.222. The summed E-state index contributed by atoms with van der Waals surface area (Å²) in [6.45, 7) is 4.81. The van der Waals surface area contributed by atoms with E-state index in [9.17, 15) is 0 Å². The maximum absolute atomic E-state index is 5.88. The average Bonchev–Trinajstić information content (AvgIpc) is 2.85. The smallest absolute Gasteiger partial charge is 0.134 e. The van der Waals surface area contributed by atoms with Crippen LogP contribution in [0.5, 0.6) is 0 Å². The Bertz CT molecular complexity index is 726. The molecular formula is C18H19NO. The Morgan fingerprint density at radius 2 is 1.75 bits per heavy atom. The van der Waals surface area contributed by atoms with E-state index in [4.69, 9.17) is 10.2 Å². The van der Waals surface area contributed by atoms with E-state index in [2.05, 4.69) is 50.2 Å². The summed E-state index contributed by atoms with van der Waals surface area (Å²) in [5, 5.41) is 1.18. The first-order valence-electron chi connectivity index (χ1n) is 7.01. The molecule has 0 amide bonds. The van der Waals surface area contributed by atoms with Crippen molar-refractivity contribution in [2.24, 2.45) is 5.73 Å². The topological polar surface area (TPSA) is 39.2 Å². The fourth-order valence-electron chi connectivity index (χ4n) is 2.76. The van der Waals surface area contributed by atoms with E-state index in [-0.39, 0.29) is 0 Å². The summed E-state index contributed by atoms with van der Waals surface area (Å²) in [4.78, 5) is 0. The van der Waals surface area contributed by atoms with E-state index >= 15 is 0 Å². The molecule has 1 heterocycles. The molecule has 2 heteroatoms. The number of benzene rings is 2. The van der Waals surface area contributed by atoms with Gasteiger partial charge in [0.1, 0.15) is 11.3 Å². The molecule has 0 aliphatic heterocycles. The first-order valence-corrected chi connectivity index (χ1v) is 7.01. The van der Waals surface area contributed by atoms with Crippen LogP contribution in [0.1, 0.15) is 31.1 Å². The van der Waals surface area contributed by atoms with E-state index in [0.29, 0.717) is 12.5 Å². The van der Waals surface area contributed by atoms with Crippen LogP contribution in [0.25, 0.3) is 22.1 Å². The predicted molar refractivity (Wildman–Crippen MR) is 83.6 cm³/mol. The second-order valence-corrected chi connectivity index (χ2v) is 5.37. The molecule has 0 radical (unpaired) electrons. The van der Waals surface area contributed by atoms with Gasteiger partial charge < -0.3 is 10.2 Å². The standard InChI is InChI=1S/C18H19NO/c1-12(2)18-15-10-14(13-6-4-3-5-7-13)8-9-16(15)20-17(18)11-19/h3-10,12H,11,19H2,1-2H3. The molecule has 0 saturated heterocycles. The highest BCUT2D eigenvalue weighted by molar-refractivity contribution is 5.87. The summed E-state index contributed by atoms with van der Waals surface area (Å²) in [5.74, 6) is 1.31. The lowest BCUT2D eigenvalue weighted by atomic mass is 9.96. The van der Waals surface area contributed by atoms with E-state index in [1.807, 2.05) is 12.1 Å². The quantitative estimate of drug-likeness (QED) is 0.746. The zero-order chi connectivity index (χ0) is 14.1. The molecule has 0 atom stereocenters. The molecule has 1 aromatic heterocycles. The van der Waals surface area contributed by atoms with Gasteiger partial charge in [0.25, 0.3) is 0 Å². The average molecular weight is 265 g/mol. The van der Waals surface area contributed by atoms with Gasteiger partial charge in [-0.1, -0.05) is 50.2 Å². The lowest BCUT2D eigenvalue weighted by molar-refractivity contribution is 0.541. The SMILES string of the molecule is CC(C)c1c(CN)oc2ccc(-c3ccccc3)cc12. The van der Waals surface area contributed by atoms with Crippen molar-refractivity contribution in [3.8, 4) is 11.1 Å². The van der Waals surface area contributed by atoms with Crippen molar-refractivity contribution in [2.45, 2.75) is 26.3 Å². The lowest BCUT2D eigenvalue weighted by Crippen LogP contribution is -1.99. The maximum Gasteiger partial charge on any atom is 0.134 e. The monoisotopic (exact) mass is 265 g/mol. The molecule has 0 spiro atoms. The Balaban J connectivity index is 2.22. The highest BCUT2D eigenvalue weighted by Gasteiger charge is 2.16. The van der Waals surface area contributed by atoms with Gasteiger partial charge in [0.2, 0.25) is 0 Å². The molecular weight excluding hydrogens is 246 g/mol. The van der Waals surface area contributed by atoms with Crippen LogP contribution in [0.2, 0.25) is 0 Å². The predicted octanol–water partition coefficient (Wildman–Crippen LogP) is 4.68. The van der Waals surface area contributed by atoms with Crippen LogP contribution in [0, 0.1) is 0 Å². The number of hydrogen-bond acceptors (Lipinski definition) is 2. The van der Waals surface area contributed by atoms with Crippen LogP contribution >= 0.6 is 0 Å². The van der Waals surface area contributed by atoms with E-state index < -0.39 is 0 Å². The van der Waals surface area contributed by atoms with Gasteiger partial charge in [-0.15, -0.1) is 0 Å². The van der Waals surface area contributed by atoms with Gasteiger partial charge >= 0.3 is 0 Å². The first-order chi connectivity index (χ1) is 9.70. The first kappa shape index (κ1) is 12.9. The maximum atomic E-state index is 5.88. The minimum Gasteiger partial charge on any atom is -0.459 e. The fourth-order valence-corrected chi connectivity index (χ4v) is 2.76. The van der Waals surface area contributed by atoms with Crippen LogP contribution in [0.3, 0.4) is 0 Å². The molecule has 2 aromatic carbocycles.